The van der Waals surface area contributed by atoms with E-state index >= 15 is 4.39 Å². The Labute approximate surface area is 258 Å². The van der Waals surface area contributed by atoms with Crippen LogP contribution in [0.15, 0.2) is 60.7 Å². The van der Waals surface area contributed by atoms with Crippen molar-refractivity contribution < 1.29 is 28.3 Å². The SMILES string of the molecule is CC(C)(C)[C@H](C1CC(c2cc(F)ccc2F)CC1Cc1ccccc1)N(CC1CNCC1CC1C(=O)C=CC1=O)C(=O)CO. The molecule has 1 saturated carbocycles. The first kappa shape index (κ1) is 32.2. The molecule has 1 saturated heterocycles. The second-order valence-electron chi connectivity index (χ2n) is 14.1. The molecular weight excluding hydrogens is 562 g/mol. The number of halogens is 2. The molecule has 6 atom stereocenters. The van der Waals surface area contributed by atoms with Crippen molar-refractivity contribution in [1.82, 2.24) is 10.2 Å². The maximum atomic E-state index is 15.1. The molecule has 2 aromatic rings. The van der Waals surface area contributed by atoms with E-state index in [0.717, 1.165) is 18.1 Å². The van der Waals surface area contributed by atoms with Crippen LogP contribution in [-0.2, 0) is 20.8 Å². The molecule has 6 nitrogen and oxygen atoms in total. The Balaban J connectivity index is 1.47. The van der Waals surface area contributed by atoms with Gasteiger partial charge in [-0.05, 0) is 115 Å². The number of carbonyl (C=O) groups is 3. The van der Waals surface area contributed by atoms with Crippen LogP contribution in [0.25, 0.3) is 0 Å². The molecule has 1 heterocycles. The Bertz CT molecular complexity index is 1370. The van der Waals surface area contributed by atoms with Crippen LogP contribution in [0, 0.1) is 46.6 Å². The highest BCUT2D eigenvalue weighted by molar-refractivity contribution is 6.18. The lowest BCUT2D eigenvalue weighted by atomic mass is 9.72. The van der Waals surface area contributed by atoms with Gasteiger partial charge in [-0.1, -0.05) is 51.1 Å². The fourth-order valence-electron chi connectivity index (χ4n) is 8.18. The van der Waals surface area contributed by atoms with E-state index in [9.17, 15) is 23.9 Å². The molecule has 0 spiro atoms. The number of aliphatic hydroxyl groups excluding tert-OH is 1. The summed E-state index contributed by atoms with van der Waals surface area (Å²) in [6.07, 6.45) is 5.10. The highest BCUT2D eigenvalue weighted by Gasteiger charge is 2.48. The Morgan fingerprint density at radius 1 is 0.977 bits per heavy atom. The van der Waals surface area contributed by atoms with E-state index in [4.69, 9.17) is 0 Å². The molecule has 44 heavy (non-hydrogen) atoms. The minimum Gasteiger partial charge on any atom is -0.387 e. The highest BCUT2D eigenvalue weighted by Crippen LogP contribution is 2.50. The maximum absolute atomic E-state index is 15.1. The van der Waals surface area contributed by atoms with Crippen molar-refractivity contribution in [2.45, 2.75) is 58.4 Å². The lowest BCUT2D eigenvalue weighted by Crippen LogP contribution is -2.55. The average molecular weight is 607 g/mol. The summed E-state index contributed by atoms with van der Waals surface area (Å²) in [6, 6.07) is 13.4. The van der Waals surface area contributed by atoms with Crippen LogP contribution in [-0.4, -0.2) is 59.8 Å². The molecule has 5 unspecified atom stereocenters. The second-order valence-corrected chi connectivity index (χ2v) is 14.1. The molecule has 0 bridgehead atoms. The Hall–Kier alpha value is -3.23. The van der Waals surface area contributed by atoms with E-state index in [2.05, 4.69) is 38.2 Å². The minimum atomic E-state index is -0.671. The van der Waals surface area contributed by atoms with Gasteiger partial charge in [-0.3, -0.25) is 14.4 Å². The Morgan fingerprint density at radius 2 is 1.66 bits per heavy atom. The smallest absolute Gasteiger partial charge is 0.248 e. The van der Waals surface area contributed by atoms with E-state index in [1.54, 1.807) is 0 Å². The fourth-order valence-corrected chi connectivity index (χ4v) is 8.18. The van der Waals surface area contributed by atoms with Gasteiger partial charge in [0.2, 0.25) is 5.91 Å². The summed E-state index contributed by atoms with van der Waals surface area (Å²) in [5.41, 5.74) is 1.12. The van der Waals surface area contributed by atoms with Crippen molar-refractivity contribution in [1.29, 1.82) is 0 Å². The molecular formula is C36H44F2N2O4. The number of nitrogens with one attached hydrogen (secondary N) is 1. The van der Waals surface area contributed by atoms with E-state index < -0.39 is 29.6 Å². The van der Waals surface area contributed by atoms with Gasteiger partial charge in [0, 0.05) is 12.6 Å². The summed E-state index contributed by atoms with van der Waals surface area (Å²) in [5.74, 6) is -2.44. The number of nitrogens with zero attached hydrogens (tertiary/aromatic N) is 1. The fraction of sp³-hybridized carbons (Fsp3) is 0.528. The molecule has 1 aliphatic heterocycles. The molecule has 3 aliphatic rings. The third-order valence-corrected chi connectivity index (χ3v) is 10.1. The van der Waals surface area contributed by atoms with Crippen LogP contribution in [0.4, 0.5) is 8.78 Å². The van der Waals surface area contributed by atoms with Crippen molar-refractivity contribution in [3.05, 3.63) is 83.4 Å². The van der Waals surface area contributed by atoms with Gasteiger partial charge >= 0.3 is 0 Å². The van der Waals surface area contributed by atoms with Crippen LogP contribution >= 0.6 is 0 Å². The molecule has 2 aliphatic carbocycles. The van der Waals surface area contributed by atoms with Gasteiger partial charge in [0.05, 0.1) is 5.92 Å². The monoisotopic (exact) mass is 606 g/mol. The van der Waals surface area contributed by atoms with Crippen LogP contribution < -0.4 is 5.32 Å². The van der Waals surface area contributed by atoms with Crippen molar-refractivity contribution in [2.75, 3.05) is 26.2 Å². The zero-order valence-corrected chi connectivity index (χ0v) is 25.8. The first-order valence-electron chi connectivity index (χ1n) is 15.8. The molecule has 2 fully saturated rings. The summed E-state index contributed by atoms with van der Waals surface area (Å²) < 4.78 is 29.4. The van der Waals surface area contributed by atoms with E-state index in [1.165, 1.54) is 24.3 Å². The van der Waals surface area contributed by atoms with E-state index in [0.29, 0.717) is 44.5 Å². The summed E-state index contributed by atoms with van der Waals surface area (Å²) in [6.45, 7) is 7.29. The number of ketones is 2. The minimum absolute atomic E-state index is 0.0120. The quantitative estimate of drug-likeness (QED) is 0.368. The Kier molecular flexibility index (Phi) is 9.80. The van der Waals surface area contributed by atoms with Crippen LogP contribution in [0.3, 0.4) is 0 Å². The van der Waals surface area contributed by atoms with Crippen molar-refractivity contribution in [2.24, 2.45) is 35.0 Å². The highest BCUT2D eigenvalue weighted by atomic mass is 19.1. The summed E-state index contributed by atoms with van der Waals surface area (Å²) in [7, 11) is 0. The third kappa shape index (κ3) is 7.02. The lowest BCUT2D eigenvalue weighted by molar-refractivity contribution is -0.143. The van der Waals surface area contributed by atoms with Gasteiger partial charge < -0.3 is 15.3 Å². The first-order valence-corrected chi connectivity index (χ1v) is 15.8. The lowest BCUT2D eigenvalue weighted by Gasteiger charge is -2.47. The van der Waals surface area contributed by atoms with Crippen LogP contribution in [0.5, 0.6) is 0 Å². The van der Waals surface area contributed by atoms with Crippen molar-refractivity contribution in [3.8, 4) is 0 Å². The number of allylic oxidation sites excluding steroid dienone is 2. The average Bonchev–Trinajstić information content (AvgIpc) is 3.69. The van der Waals surface area contributed by atoms with Crippen molar-refractivity contribution in [3.63, 3.8) is 0 Å². The predicted octanol–water partition coefficient (Wildman–Crippen LogP) is 5.10. The maximum Gasteiger partial charge on any atom is 0.248 e. The zero-order valence-electron chi connectivity index (χ0n) is 25.8. The number of hydrogen-bond acceptors (Lipinski definition) is 5. The number of rotatable bonds is 10. The van der Waals surface area contributed by atoms with E-state index in [-0.39, 0.29) is 53.1 Å². The van der Waals surface area contributed by atoms with Gasteiger partial charge in [0.1, 0.15) is 18.2 Å². The molecule has 236 valence electrons. The summed E-state index contributed by atoms with van der Waals surface area (Å²) >= 11 is 0. The second kappa shape index (κ2) is 13.4. The summed E-state index contributed by atoms with van der Waals surface area (Å²) in [4.78, 5) is 40.2. The predicted molar refractivity (Wildman–Crippen MR) is 165 cm³/mol. The normalized spacial score (nSPS) is 26.5. The van der Waals surface area contributed by atoms with Crippen LogP contribution in [0.2, 0.25) is 0 Å². The zero-order chi connectivity index (χ0) is 31.6. The molecule has 0 radical (unpaired) electrons. The summed E-state index contributed by atoms with van der Waals surface area (Å²) in [5, 5.41) is 13.6. The van der Waals surface area contributed by atoms with Gasteiger partial charge in [-0.2, -0.15) is 0 Å². The molecule has 1 amide bonds. The van der Waals surface area contributed by atoms with Gasteiger partial charge in [-0.15, -0.1) is 0 Å². The van der Waals surface area contributed by atoms with Gasteiger partial charge in [-0.25, -0.2) is 8.78 Å². The molecule has 2 aromatic carbocycles. The molecule has 2 N–H and O–H groups in total. The number of aliphatic hydroxyl groups is 1. The largest absolute Gasteiger partial charge is 0.387 e. The van der Waals surface area contributed by atoms with Gasteiger partial charge in [0.25, 0.3) is 0 Å². The standard InChI is InChI=1S/C36H44F2N2O4/c1-36(2,3)35(40(34(44)21-41)20-26-19-39-18-25(26)16-30-32(42)11-12-33(30)43)29-15-24(28-17-27(37)9-10-31(28)38)14-23(29)13-22-7-5-4-6-8-22/h4-12,17,23-26,29-30,35,39,41H,13-16,18-21H2,1-3H3/t23?,24?,25?,26?,29?,35-/m0/s1. The van der Waals surface area contributed by atoms with E-state index in [1.807, 2.05) is 23.1 Å². The molecule has 0 aromatic heterocycles. The first-order chi connectivity index (χ1) is 21.0. The number of benzene rings is 2. The number of hydrogen-bond donors (Lipinski definition) is 2. The topological polar surface area (TPSA) is 86.7 Å². The van der Waals surface area contributed by atoms with Gasteiger partial charge in [0.15, 0.2) is 11.6 Å². The molecule has 8 heteroatoms. The number of amides is 1. The Morgan fingerprint density at radius 3 is 2.32 bits per heavy atom. The molecule has 5 rings (SSSR count). The third-order valence-electron chi connectivity index (χ3n) is 10.1. The van der Waals surface area contributed by atoms with Crippen molar-refractivity contribution >= 4 is 17.5 Å². The number of carbonyl (C=O) groups excluding carboxylic acids is 3. The van der Waals surface area contributed by atoms with Crippen LogP contribution in [0.1, 0.15) is 57.1 Å².